The van der Waals surface area contributed by atoms with E-state index in [0.717, 1.165) is 24.7 Å². The third kappa shape index (κ3) is 7.72. The van der Waals surface area contributed by atoms with Gasteiger partial charge in [0.05, 0.1) is 0 Å². The Morgan fingerprint density at radius 3 is 2.75 bits per heavy atom. The van der Waals surface area contributed by atoms with Gasteiger partial charge in [0.1, 0.15) is 0 Å². The van der Waals surface area contributed by atoms with Crippen LogP contribution in [0.1, 0.15) is 84.0 Å². The van der Waals surface area contributed by atoms with Crippen LogP contribution >= 0.6 is 0 Å². The van der Waals surface area contributed by atoms with Crippen molar-refractivity contribution in [1.29, 1.82) is 0 Å². The van der Waals surface area contributed by atoms with Crippen molar-refractivity contribution in [3.05, 3.63) is 12.2 Å². The Balaban J connectivity index is 2.12. The molecule has 2 atom stereocenters. The fourth-order valence-corrected chi connectivity index (χ4v) is 3.32. The van der Waals surface area contributed by atoms with Crippen LogP contribution in [0.25, 0.3) is 0 Å². The van der Waals surface area contributed by atoms with E-state index in [2.05, 4.69) is 19.1 Å². The second-order valence-electron chi connectivity index (χ2n) is 6.27. The van der Waals surface area contributed by atoms with Crippen molar-refractivity contribution in [1.82, 2.24) is 0 Å². The molecule has 20 heavy (non-hydrogen) atoms. The number of carboxylic acid groups (broad SMARTS) is 1. The van der Waals surface area contributed by atoms with Crippen LogP contribution in [-0.2, 0) is 4.79 Å². The van der Waals surface area contributed by atoms with Crippen molar-refractivity contribution in [3.63, 3.8) is 0 Å². The highest BCUT2D eigenvalue weighted by atomic mass is 16.4. The normalized spacial score (nSPS) is 22.6. The van der Waals surface area contributed by atoms with E-state index in [9.17, 15) is 4.79 Å². The molecule has 0 aromatic rings. The summed E-state index contributed by atoms with van der Waals surface area (Å²) in [6.07, 6.45) is 19.0. The molecule has 116 valence electrons. The third-order valence-corrected chi connectivity index (χ3v) is 4.54. The quantitative estimate of drug-likeness (QED) is 0.396. The van der Waals surface area contributed by atoms with E-state index in [1.807, 2.05) is 0 Å². The molecular weight excluding hydrogens is 248 g/mol. The number of aliphatic carboxylic acids is 1. The predicted molar refractivity (Wildman–Crippen MR) is 84.8 cm³/mol. The zero-order valence-electron chi connectivity index (χ0n) is 13.2. The maximum absolute atomic E-state index is 10.5. The molecule has 0 aromatic carbocycles. The van der Waals surface area contributed by atoms with Gasteiger partial charge in [-0.2, -0.15) is 0 Å². The molecular formula is C18H32O2. The van der Waals surface area contributed by atoms with Gasteiger partial charge in [0, 0.05) is 6.42 Å². The van der Waals surface area contributed by atoms with Crippen molar-refractivity contribution in [2.75, 3.05) is 0 Å². The first-order valence-corrected chi connectivity index (χ1v) is 8.62. The van der Waals surface area contributed by atoms with Crippen LogP contribution in [0.2, 0.25) is 0 Å². The minimum absolute atomic E-state index is 0.339. The topological polar surface area (TPSA) is 37.3 Å². The highest BCUT2D eigenvalue weighted by Crippen LogP contribution is 2.36. The van der Waals surface area contributed by atoms with Gasteiger partial charge in [-0.1, -0.05) is 51.2 Å². The summed E-state index contributed by atoms with van der Waals surface area (Å²) in [4.78, 5) is 10.5. The molecule has 1 saturated carbocycles. The van der Waals surface area contributed by atoms with Crippen LogP contribution in [0.15, 0.2) is 12.2 Å². The van der Waals surface area contributed by atoms with Gasteiger partial charge in [0.15, 0.2) is 0 Å². The Kier molecular flexibility index (Phi) is 9.44. The van der Waals surface area contributed by atoms with Crippen molar-refractivity contribution in [2.45, 2.75) is 84.0 Å². The summed E-state index contributed by atoms with van der Waals surface area (Å²) in [5.41, 5.74) is 0. The Morgan fingerprint density at radius 2 is 2.00 bits per heavy atom. The molecule has 0 heterocycles. The molecule has 0 spiro atoms. The maximum Gasteiger partial charge on any atom is 0.303 e. The van der Waals surface area contributed by atoms with Crippen molar-refractivity contribution < 1.29 is 9.90 Å². The van der Waals surface area contributed by atoms with Crippen molar-refractivity contribution in [2.24, 2.45) is 11.8 Å². The van der Waals surface area contributed by atoms with Crippen LogP contribution in [0.5, 0.6) is 0 Å². The Hall–Kier alpha value is -0.790. The van der Waals surface area contributed by atoms with Crippen LogP contribution in [-0.4, -0.2) is 11.1 Å². The van der Waals surface area contributed by atoms with Gasteiger partial charge in [-0.3, -0.25) is 4.79 Å². The molecule has 2 nitrogen and oxygen atoms in total. The summed E-state index contributed by atoms with van der Waals surface area (Å²) >= 11 is 0. The summed E-state index contributed by atoms with van der Waals surface area (Å²) < 4.78 is 0. The minimum atomic E-state index is -0.654. The molecule has 0 aromatic heterocycles. The molecule has 0 radical (unpaired) electrons. The van der Waals surface area contributed by atoms with Gasteiger partial charge in [0.2, 0.25) is 0 Å². The molecule has 0 amide bonds. The highest BCUT2D eigenvalue weighted by Gasteiger charge is 2.24. The number of unbranched alkanes of at least 4 members (excludes halogenated alkanes) is 5. The number of hydrogen-bond donors (Lipinski definition) is 1. The van der Waals surface area contributed by atoms with Crippen LogP contribution in [0.3, 0.4) is 0 Å². The number of carboxylic acids is 1. The monoisotopic (exact) mass is 280 g/mol. The Morgan fingerprint density at radius 1 is 1.15 bits per heavy atom. The first-order valence-electron chi connectivity index (χ1n) is 8.62. The molecule has 0 aliphatic heterocycles. The van der Waals surface area contributed by atoms with Gasteiger partial charge in [-0.25, -0.2) is 0 Å². The summed E-state index contributed by atoms with van der Waals surface area (Å²) in [7, 11) is 0. The summed E-state index contributed by atoms with van der Waals surface area (Å²) in [5, 5.41) is 8.62. The predicted octanol–water partition coefficient (Wildman–Crippen LogP) is 5.57. The van der Waals surface area contributed by atoms with Crippen LogP contribution in [0.4, 0.5) is 0 Å². The lowest BCUT2D eigenvalue weighted by Gasteiger charge is -2.16. The molecule has 0 saturated heterocycles. The first-order chi connectivity index (χ1) is 9.74. The number of rotatable bonds is 11. The lowest BCUT2D eigenvalue weighted by Crippen LogP contribution is -2.05. The minimum Gasteiger partial charge on any atom is -0.481 e. The summed E-state index contributed by atoms with van der Waals surface area (Å²) in [6, 6.07) is 0. The zero-order valence-corrected chi connectivity index (χ0v) is 13.2. The number of allylic oxidation sites excluding steroid dienone is 2. The molecule has 1 aliphatic rings. The summed E-state index contributed by atoms with van der Waals surface area (Å²) in [6.45, 7) is 2.25. The smallest absolute Gasteiger partial charge is 0.303 e. The first kappa shape index (κ1) is 17.3. The average Bonchev–Trinajstić information content (AvgIpc) is 2.85. The lowest BCUT2D eigenvalue weighted by atomic mass is 9.90. The van der Waals surface area contributed by atoms with E-state index in [1.165, 1.54) is 57.8 Å². The lowest BCUT2D eigenvalue weighted by molar-refractivity contribution is -0.137. The summed E-state index contributed by atoms with van der Waals surface area (Å²) in [5.74, 6) is 1.01. The number of hydrogen-bond acceptors (Lipinski definition) is 1. The molecule has 1 fully saturated rings. The molecule has 0 unspecified atom stereocenters. The molecule has 1 rings (SSSR count). The van der Waals surface area contributed by atoms with Gasteiger partial charge in [-0.05, 0) is 50.4 Å². The molecule has 2 heteroatoms. The average molecular weight is 280 g/mol. The van der Waals surface area contributed by atoms with Crippen molar-refractivity contribution in [3.8, 4) is 0 Å². The highest BCUT2D eigenvalue weighted by molar-refractivity contribution is 5.66. The second kappa shape index (κ2) is 10.9. The van der Waals surface area contributed by atoms with Crippen molar-refractivity contribution >= 4 is 5.97 Å². The SMILES string of the molecule is CCCCCC=C[C@H]1CCC[C@@H]1CCCCCC(=O)O. The van der Waals surface area contributed by atoms with E-state index in [0.29, 0.717) is 6.42 Å². The van der Waals surface area contributed by atoms with Crippen LogP contribution in [0, 0.1) is 11.8 Å². The molecule has 1 N–H and O–H groups in total. The fourth-order valence-electron chi connectivity index (χ4n) is 3.32. The van der Waals surface area contributed by atoms with E-state index in [4.69, 9.17) is 5.11 Å². The van der Waals surface area contributed by atoms with Gasteiger partial charge >= 0.3 is 5.97 Å². The molecule has 0 bridgehead atoms. The van der Waals surface area contributed by atoms with E-state index >= 15 is 0 Å². The largest absolute Gasteiger partial charge is 0.481 e. The fraction of sp³-hybridized carbons (Fsp3) is 0.833. The third-order valence-electron chi connectivity index (χ3n) is 4.54. The van der Waals surface area contributed by atoms with E-state index in [-0.39, 0.29) is 0 Å². The standard InChI is InChI=1S/C18H32O2/c1-2-3-4-5-7-11-16-13-10-14-17(16)12-8-6-9-15-18(19)20/h7,11,16-17H,2-6,8-10,12-15H2,1H3,(H,19,20)/t16-,17-/m0/s1. The van der Waals surface area contributed by atoms with Crippen LogP contribution < -0.4 is 0 Å². The Bertz CT molecular complexity index is 283. The molecule has 1 aliphatic carbocycles. The van der Waals surface area contributed by atoms with Gasteiger partial charge in [0.25, 0.3) is 0 Å². The maximum atomic E-state index is 10.5. The number of carbonyl (C=O) groups is 1. The van der Waals surface area contributed by atoms with E-state index in [1.54, 1.807) is 0 Å². The second-order valence-corrected chi connectivity index (χ2v) is 6.27. The van der Waals surface area contributed by atoms with Gasteiger partial charge in [-0.15, -0.1) is 0 Å². The zero-order chi connectivity index (χ0) is 14.6. The van der Waals surface area contributed by atoms with Gasteiger partial charge < -0.3 is 5.11 Å². The Labute approximate surface area is 124 Å². The van der Waals surface area contributed by atoms with E-state index < -0.39 is 5.97 Å².